The van der Waals surface area contributed by atoms with E-state index in [1.54, 1.807) is 6.07 Å². The Kier molecular flexibility index (Phi) is 2.97. The first-order valence-corrected chi connectivity index (χ1v) is 6.72. The smallest absolute Gasteiger partial charge is 0.335 e. The summed E-state index contributed by atoms with van der Waals surface area (Å²) in [7, 11) is 0. The summed E-state index contributed by atoms with van der Waals surface area (Å²) >= 11 is 7.65. The molecule has 0 unspecified atom stereocenters. The molecule has 3 aromatic rings. The Bertz CT molecular complexity index is 782. The van der Waals surface area contributed by atoms with Crippen LogP contribution in [0.3, 0.4) is 0 Å². The standard InChI is InChI=1S/C14H8ClNO2S/c15-10-3-1-2-8-7-12(19-13(8)10)11-6-9(14(17)18)4-5-16-11/h1-7H,(H,17,18). The molecule has 2 aromatic heterocycles. The molecule has 1 aromatic carbocycles. The number of halogens is 1. The number of aromatic carboxylic acids is 1. The van der Waals surface area contributed by atoms with Gasteiger partial charge < -0.3 is 5.11 Å². The fourth-order valence-electron chi connectivity index (χ4n) is 1.85. The van der Waals surface area contributed by atoms with Crippen molar-refractivity contribution in [3.63, 3.8) is 0 Å². The molecule has 0 fully saturated rings. The Hall–Kier alpha value is -1.91. The lowest BCUT2D eigenvalue weighted by Crippen LogP contribution is -1.96. The summed E-state index contributed by atoms with van der Waals surface area (Å²) in [6, 6.07) is 10.7. The summed E-state index contributed by atoms with van der Waals surface area (Å²) in [5, 5.41) is 10.7. The van der Waals surface area contributed by atoms with Gasteiger partial charge in [0.25, 0.3) is 0 Å². The first kappa shape index (κ1) is 12.1. The molecule has 5 heteroatoms. The molecule has 0 atom stereocenters. The van der Waals surface area contributed by atoms with Crippen molar-refractivity contribution < 1.29 is 9.90 Å². The van der Waals surface area contributed by atoms with Gasteiger partial charge >= 0.3 is 5.97 Å². The number of rotatable bonds is 2. The number of carbonyl (C=O) groups is 1. The number of benzene rings is 1. The number of thiophene rings is 1. The number of hydrogen-bond acceptors (Lipinski definition) is 3. The second kappa shape index (κ2) is 4.64. The van der Waals surface area contributed by atoms with Crippen molar-refractivity contribution in [2.75, 3.05) is 0 Å². The Morgan fingerprint density at radius 1 is 1.26 bits per heavy atom. The Balaban J connectivity index is 2.16. The van der Waals surface area contributed by atoms with E-state index in [4.69, 9.17) is 16.7 Å². The van der Waals surface area contributed by atoms with E-state index >= 15 is 0 Å². The van der Waals surface area contributed by atoms with Gasteiger partial charge in [0.1, 0.15) is 0 Å². The van der Waals surface area contributed by atoms with Crippen LogP contribution in [0.4, 0.5) is 0 Å². The lowest BCUT2D eigenvalue weighted by molar-refractivity contribution is 0.0697. The highest BCUT2D eigenvalue weighted by Crippen LogP contribution is 2.36. The fraction of sp³-hybridized carbons (Fsp3) is 0. The van der Waals surface area contributed by atoms with E-state index in [2.05, 4.69) is 4.98 Å². The monoisotopic (exact) mass is 289 g/mol. The molecule has 3 nitrogen and oxygen atoms in total. The zero-order chi connectivity index (χ0) is 13.4. The van der Waals surface area contributed by atoms with Crippen LogP contribution < -0.4 is 0 Å². The lowest BCUT2D eigenvalue weighted by Gasteiger charge is -1.97. The van der Waals surface area contributed by atoms with Crippen molar-refractivity contribution in [1.82, 2.24) is 4.98 Å². The molecule has 0 saturated carbocycles. The molecule has 0 aliphatic heterocycles. The normalized spacial score (nSPS) is 10.8. The first-order chi connectivity index (χ1) is 9.15. The predicted octanol–water partition coefficient (Wildman–Crippen LogP) is 4.31. The van der Waals surface area contributed by atoms with Gasteiger partial charge in [-0.25, -0.2) is 4.79 Å². The Morgan fingerprint density at radius 3 is 2.84 bits per heavy atom. The van der Waals surface area contributed by atoms with E-state index in [1.807, 2.05) is 24.3 Å². The number of aromatic nitrogens is 1. The number of fused-ring (bicyclic) bond motifs is 1. The zero-order valence-corrected chi connectivity index (χ0v) is 11.2. The van der Waals surface area contributed by atoms with Crippen molar-refractivity contribution in [3.8, 4) is 10.6 Å². The molecule has 0 saturated heterocycles. The summed E-state index contributed by atoms with van der Waals surface area (Å²) in [5.41, 5.74) is 0.880. The van der Waals surface area contributed by atoms with Gasteiger partial charge in [0.15, 0.2) is 0 Å². The lowest BCUT2D eigenvalue weighted by atomic mass is 10.2. The molecular weight excluding hydrogens is 282 g/mol. The fourth-order valence-corrected chi connectivity index (χ4v) is 3.18. The minimum absolute atomic E-state index is 0.230. The highest BCUT2D eigenvalue weighted by Gasteiger charge is 2.10. The molecule has 0 aliphatic rings. The molecular formula is C14H8ClNO2S. The Labute approximate surface area is 118 Å². The van der Waals surface area contributed by atoms with Gasteiger partial charge in [0.2, 0.25) is 0 Å². The van der Waals surface area contributed by atoms with E-state index in [1.165, 1.54) is 23.6 Å². The molecule has 19 heavy (non-hydrogen) atoms. The molecule has 0 spiro atoms. The van der Waals surface area contributed by atoms with E-state index < -0.39 is 5.97 Å². The maximum Gasteiger partial charge on any atom is 0.335 e. The van der Waals surface area contributed by atoms with Crippen LogP contribution in [0.25, 0.3) is 20.7 Å². The summed E-state index contributed by atoms with van der Waals surface area (Å²) in [5.74, 6) is -0.956. The van der Waals surface area contributed by atoms with Crippen LogP contribution in [0.2, 0.25) is 5.02 Å². The van der Waals surface area contributed by atoms with Crippen molar-refractivity contribution in [1.29, 1.82) is 0 Å². The molecule has 94 valence electrons. The maximum atomic E-state index is 11.0. The van der Waals surface area contributed by atoms with Crippen LogP contribution in [0.15, 0.2) is 42.6 Å². The zero-order valence-electron chi connectivity index (χ0n) is 9.63. The molecule has 0 radical (unpaired) electrons. The quantitative estimate of drug-likeness (QED) is 0.764. The number of carboxylic acids is 1. The number of carboxylic acid groups (broad SMARTS) is 1. The largest absolute Gasteiger partial charge is 0.478 e. The molecule has 0 bridgehead atoms. The van der Waals surface area contributed by atoms with Crippen LogP contribution in [0.1, 0.15) is 10.4 Å². The number of pyridine rings is 1. The van der Waals surface area contributed by atoms with Gasteiger partial charge in [-0.2, -0.15) is 0 Å². The van der Waals surface area contributed by atoms with Crippen molar-refractivity contribution in [2.45, 2.75) is 0 Å². The molecule has 2 heterocycles. The number of hydrogen-bond donors (Lipinski definition) is 1. The van der Waals surface area contributed by atoms with Gasteiger partial charge in [-0.3, -0.25) is 4.98 Å². The maximum absolute atomic E-state index is 11.0. The second-order valence-corrected chi connectivity index (χ2v) is 5.46. The van der Waals surface area contributed by atoms with Gasteiger partial charge in [0.05, 0.1) is 25.9 Å². The first-order valence-electron chi connectivity index (χ1n) is 5.53. The minimum Gasteiger partial charge on any atom is -0.478 e. The summed E-state index contributed by atoms with van der Waals surface area (Å²) in [4.78, 5) is 16.1. The Morgan fingerprint density at radius 2 is 2.11 bits per heavy atom. The van der Waals surface area contributed by atoms with E-state index in [0.29, 0.717) is 10.7 Å². The van der Waals surface area contributed by atoms with Crippen LogP contribution in [0, 0.1) is 0 Å². The minimum atomic E-state index is -0.956. The summed E-state index contributed by atoms with van der Waals surface area (Å²) in [6.45, 7) is 0. The van der Waals surface area contributed by atoms with E-state index in [-0.39, 0.29) is 5.56 Å². The molecule has 1 N–H and O–H groups in total. The van der Waals surface area contributed by atoms with Gasteiger partial charge in [-0.1, -0.05) is 23.7 Å². The average molecular weight is 290 g/mol. The van der Waals surface area contributed by atoms with Crippen LogP contribution >= 0.6 is 22.9 Å². The van der Waals surface area contributed by atoms with Crippen molar-refractivity contribution in [3.05, 3.63) is 53.2 Å². The third-order valence-corrected chi connectivity index (χ3v) is 4.39. The van der Waals surface area contributed by atoms with Crippen LogP contribution in [0.5, 0.6) is 0 Å². The van der Waals surface area contributed by atoms with Crippen molar-refractivity contribution >= 4 is 39.0 Å². The van der Waals surface area contributed by atoms with Gasteiger partial charge in [-0.15, -0.1) is 11.3 Å². The van der Waals surface area contributed by atoms with Crippen LogP contribution in [-0.2, 0) is 0 Å². The molecule has 3 rings (SSSR count). The average Bonchev–Trinajstić information content (AvgIpc) is 2.84. The SMILES string of the molecule is O=C(O)c1ccnc(-c2cc3cccc(Cl)c3s2)c1. The topological polar surface area (TPSA) is 50.2 Å². The summed E-state index contributed by atoms with van der Waals surface area (Å²) < 4.78 is 0.988. The van der Waals surface area contributed by atoms with Gasteiger partial charge in [0, 0.05) is 6.20 Å². The highest BCUT2D eigenvalue weighted by molar-refractivity contribution is 7.22. The van der Waals surface area contributed by atoms with Crippen LogP contribution in [-0.4, -0.2) is 16.1 Å². The summed E-state index contributed by atoms with van der Waals surface area (Å²) in [6.07, 6.45) is 1.50. The third-order valence-electron chi connectivity index (χ3n) is 2.76. The number of nitrogens with zero attached hydrogens (tertiary/aromatic N) is 1. The molecule has 0 aliphatic carbocycles. The van der Waals surface area contributed by atoms with E-state index in [0.717, 1.165) is 15.0 Å². The third kappa shape index (κ3) is 2.20. The molecule has 0 amide bonds. The predicted molar refractivity (Wildman–Crippen MR) is 77.0 cm³/mol. The van der Waals surface area contributed by atoms with Gasteiger partial charge in [-0.05, 0) is 29.7 Å². The second-order valence-electron chi connectivity index (χ2n) is 4.00. The highest BCUT2D eigenvalue weighted by atomic mass is 35.5. The van der Waals surface area contributed by atoms with E-state index in [9.17, 15) is 4.79 Å². The van der Waals surface area contributed by atoms with Crippen molar-refractivity contribution in [2.24, 2.45) is 0 Å².